The van der Waals surface area contributed by atoms with Crippen molar-refractivity contribution in [1.82, 2.24) is 14.0 Å². The van der Waals surface area contributed by atoms with Gasteiger partial charge in [0.05, 0.1) is 12.2 Å². The summed E-state index contributed by atoms with van der Waals surface area (Å²) in [6, 6.07) is 0. The Labute approximate surface area is 116 Å². The fraction of sp³-hybridized carbons (Fsp3) is 0.615. The van der Waals surface area contributed by atoms with E-state index in [1.54, 1.807) is 4.90 Å². The van der Waals surface area contributed by atoms with Gasteiger partial charge < -0.3 is 14.2 Å². The minimum atomic E-state index is -0.565. The highest BCUT2D eigenvalue weighted by Crippen LogP contribution is 2.12. The highest BCUT2D eigenvalue weighted by Gasteiger charge is 2.28. The number of hydrogen-bond acceptors (Lipinski definition) is 4. The first-order valence-electron chi connectivity index (χ1n) is 6.52. The van der Waals surface area contributed by atoms with Gasteiger partial charge in [0, 0.05) is 33.4 Å². The minimum absolute atomic E-state index is 0.0101. The molecule has 2 unspecified atom stereocenters. The number of ether oxygens (including phenoxy) is 1. The van der Waals surface area contributed by atoms with Gasteiger partial charge in [-0.3, -0.25) is 14.2 Å². The molecule has 1 fully saturated rings. The number of nitrogens with zero attached hydrogens (tertiary/aromatic N) is 3. The Kier molecular flexibility index (Phi) is 3.80. The summed E-state index contributed by atoms with van der Waals surface area (Å²) in [4.78, 5) is 37.8. The van der Waals surface area contributed by atoms with Gasteiger partial charge in [-0.15, -0.1) is 0 Å². The maximum absolute atomic E-state index is 12.5. The van der Waals surface area contributed by atoms with Crippen molar-refractivity contribution in [2.75, 3.05) is 13.1 Å². The van der Waals surface area contributed by atoms with Crippen molar-refractivity contribution < 1.29 is 9.53 Å². The normalized spacial score (nSPS) is 22.9. The van der Waals surface area contributed by atoms with E-state index in [0.717, 1.165) is 4.57 Å². The fourth-order valence-corrected chi connectivity index (χ4v) is 2.47. The van der Waals surface area contributed by atoms with Crippen LogP contribution in [-0.4, -0.2) is 45.2 Å². The molecule has 0 saturated carbocycles. The molecule has 2 atom stereocenters. The van der Waals surface area contributed by atoms with E-state index in [1.165, 1.54) is 24.9 Å². The van der Waals surface area contributed by atoms with Crippen LogP contribution < -0.4 is 11.2 Å². The van der Waals surface area contributed by atoms with Gasteiger partial charge in [-0.2, -0.15) is 0 Å². The highest BCUT2D eigenvalue weighted by molar-refractivity contribution is 5.93. The Bertz CT molecular complexity index is 636. The van der Waals surface area contributed by atoms with Crippen LogP contribution in [0, 0.1) is 0 Å². The lowest BCUT2D eigenvalue weighted by Gasteiger charge is -2.35. The van der Waals surface area contributed by atoms with Crippen LogP contribution in [0.15, 0.2) is 15.8 Å². The first-order chi connectivity index (χ1) is 9.31. The molecule has 2 rings (SSSR count). The van der Waals surface area contributed by atoms with Gasteiger partial charge in [-0.1, -0.05) is 0 Å². The van der Waals surface area contributed by atoms with Crippen LogP contribution in [0.3, 0.4) is 0 Å². The number of aryl methyl sites for hydroxylation is 1. The van der Waals surface area contributed by atoms with E-state index in [4.69, 9.17) is 4.74 Å². The molecule has 1 saturated heterocycles. The molecule has 0 aliphatic carbocycles. The summed E-state index contributed by atoms with van der Waals surface area (Å²) in [5, 5.41) is 0. The SMILES string of the molecule is CC1CN(C(=O)c2cn(C)c(=O)n(C)c2=O)CC(C)O1. The van der Waals surface area contributed by atoms with Crippen molar-refractivity contribution in [1.29, 1.82) is 0 Å². The van der Waals surface area contributed by atoms with E-state index in [1.807, 2.05) is 13.8 Å². The number of rotatable bonds is 1. The zero-order valence-electron chi connectivity index (χ0n) is 12.1. The van der Waals surface area contributed by atoms with Crippen molar-refractivity contribution in [3.63, 3.8) is 0 Å². The van der Waals surface area contributed by atoms with Crippen molar-refractivity contribution in [3.05, 3.63) is 32.6 Å². The Morgan fingerprint density at radius 3 is 2.30 bits per heavy atom. The quantitative estimate of drug-likeness (QED) is 0.684. The van der Waals surface area contributed by atoms with Gasteiger partial charge >= 0.3 is 5.69 Å². The summed E-state index contributed by atoms with van der Waals surface area (Å²) >= 11 is 0. The number of morpholine rings is 1. The second-order valence-corrected chi connectivity index (χ2v) is 5.27. The van der Waals surface area contributed by atoms with Crippen LogP contribution in [0.1, 0.15) is 24.2 Å². The summed E-state index contributed by atoms with van der Waals surface area (Å²) < 4.78 is 7.75. The highest BCUT2D eigenvalue weighted by atomic mass is 16.5. The predicted molar refractivity (Wildman–Crippen MR) is 72.8 cm³/mol. The summed E-state index contributed by atoms with van der Waals surface area (Å²) in [6.45, 7) is 4.65. The van der Waals surface area contributed by atoms with E-state index in [-0.39, 0.29) is 23.7 Å². The van der Waals surface area contributed by atoms with Gasteiger partial charge in [0.1, 0.15) is 5.56 Å². The number of aromatic nitrogens is 2. The summed E-state index contributed by atoms with van der Waals surface area (Å²) in [5.41, 5.74) is -1.00. The fourth-order valence-electron chi connectivity index (χ4n) is 2.47. The maximum atomic E-state index is 12.5. The lowest BCUT2D eigenvalue weighted by molar-refractivity contribution is -0.0586. The third kappa shape index (κ3) is 2.53. The van der Waals surface area contributed by atoms with Crippen molar-refractivity contribution >= 4 is 5.91 Å². The first-order valence-corrected chi connectivity index (χ1v) is 6.52. The van der Waals surface area contributed by atoms with Crippen LogP contribution in [0.5, 0.6) is 0 Å². The largest absolute Gasteiger partial charge is 0.372 e. The third-order valence-electron chi connectivity index (χ3n) is 3.38. The summed E-state index contributed by atoms with van der Waals surface area (Å²) in [6.07, 6.45) is 1.16. The Morgan fingerprint density at radius 2 is 1.75 bits per heavy atom. The number of hydrogen-bond donors (Lipinski definition) is 0. The van der Waals surface area contributed by atoms with Gasteiger partial charge in [0.2, 0.25) is 0 Å². The molecule has 0 spiro atoms. The first kappa shape index (κ1) is 14.5. The van der Waals surface area contributed by atoms with Crippen molar-refractivity contribution in [2.45, 2.75) is 26.1 Å². The molecule has 7 heteroatoms. The van der Waals surface area contributed by atoms with Crippen molar-refractivity contribution in [3.8, 4) is 0 Å². The zero-order chi connectivity index (χ0) is 15.0. The van der Waals surface area contributed by atoms with Gasteiger partial charge in [0.15, 0.2) is 0 Å². The van der Waals surface area contributed by atoms with E-state index in [9.17, 15) is 14.4 Å². The molecule has 1 aliphatic heterocycles. The van der Waals surface area contributed by atoms with E-state index < -0.39 is 11.2 Å². The standard InChI is InChI=1S/C13H19N3O4/c1-8-5-16(6-9(2)20-8)12(18)10-7-14(3)13(19)15(4)11(10)17/h7-9H,5-6H2,1-4H3. The smallest absolute Gasteiger partial charge is 0.330 e. The molecule has 1 aliphatic rings. The predicted octanol–water partition coefficient (Wildman–Crippen LogP) is -0.667. The molecule has 20 heavy (non-hydrogen) atoms. The third-order valence-corrected chi connectivity index (χ3v) is 3.38. The lowest BCUT2D eigenvalue weighted by Crippen LogP contribution is -2.50. The van der Waals surface area contributed by atoms with Gasteiger partial charge in [0.25, 0.3) is 11.5 Å². The summed E-state index contributed by atoms with van der Waals surface area (Å²) in [5.74, 6) is -0.358. The van der Waals surface area contributed by atoms with Gasteiger partial charge in [-0.25, -0.2) is 4.79 Å². The molecule has 2 heterocycles. The molecule has 1 aromatic heterocycles. The molecular formula is C13H19N3O4. The Balaban J connectivity index is 2.39. The number of carbonyl (C=O) groups is 1. The molecule has 0 aromatic carbocycles. The number of amides is 1. The monoisotopic (exact) mass is 281 g/mol. The average Bonchev–Trinajstić information content (AvgIpc) is 2.38. The number of carbonyl (C=O) groups excluding carboxylic acids is 1. The van der Waals surface area contributed by atoms with Gasteiger partial charge in [-0.05, 0) is 13.8 Å². The van der Waals surface area contributed by atoms with E-state index in [2.05, 4.69) is 0 Å². The van der Waals surface area contributed by atoms with Crippen LogP contribution in [-0.2, 0) is 18.8 Å². The van der Waals surface area contributed by atoms with Crippen LogP contribution >= 0.6 is 0 Å². The lowest BCUT2D eigenvalue weighted by atomic mass is 10.2. The van der Waals surface area contributed by atoms with Crippen LogP contribution in [0.4, 0.5) is 0 Å². The Morgan fingerprint density at radius 1 is 1.20 bits per heavy atom. The molecule has 0 bridgehead atoms. The average molecular weight is 281 g/mol. The zero-order valence-corrected chi connectivity index (χ0v) is 12.1. The minimum Gasteiger partial charge on any atom is -0.372 e. The molecular weight excluding hydrogens is 262 g/mol. The van der Waals surface area contributed by atoms with Crippen LogP contribution in [0.25, 0.3) is 0 Å². The molecule has 1 aromatic rings. The second kappa shape index (κ2) is 5.24. The molecule has 0 radical (unpaired) electrons. The maximum Gasteiger partial charge on any atom is 0.330 e. The Hall–Kier alpha value is -1.89. The van der Waals surface area contributed by atoms with E-state index >= 15 is 0 Å². The molecule has 7 nitrogen and oxygen atoms in total. The topological polar surface area (TPSA) is 73.5 Å². The molecule has 1 amide bonds. The van der Waals surface area contributed by atoms with E-state index in [0.29, 0.717) is 13.1 Å². The molecule has 0 N–H and O–H groups in total. The summed E-state index contributed by atoms with van der Waals surface area (Å²) in [7, 11) is 2.88. The second-order valence-electron chi connectivity index (χ2n) is 5.27. The van der Waals surface area contributed by atoms with Crippen molar-refractivity contribution in [2.24, 2.45) is 14.1 Å². The molecule has 110 valence electrons. The van der Waals surface area contributed by atoms with Crippen LogP contribution in [0.2, 0.25) is 0 Å².